The van der Waals surface area contributed by atoms with Gasteiger partial charge in [0.05, 0.1) is 10.5 Å². The molecule has 0 saturated carbocycles. The minimum Gasteiger partial charge on any atom is -0.478 e. The Morgan fingerprint density at radius 2 is 2.10 bits per heavy atom. The Labute approximate surface area is 137 Å². The summed E-state index contributed by atoms with van der Waals surface area (Å²) in [6, 6.07) is 3.99. The van der Waals surface area contributed by atoms with E-state index < -0.39 is 16.0 Å². The molecule has 118 valence electrons. The van der Waals surface area contributed by atoms with E-state index in [1.165, 1.54) is 12.1 Å². The Balaban J connectivity index is 2.93. The van der Waals surface area contributed by atoms with Gasteiger partial charge in [-0.3, -0.25) is 0 Å². The van der Waals surface area contributed by atoms with E-state index in [9.17, 15) is 13.2 Å². The van der Waals surface area contributed by atoms with Crippen molar-refractivity contribution in [3.05, 3.63) is 27.3 Å². The van der Waals surface area contributed by atoms with Gasteiger partial charge in [-0.2, -0.15) is 0 Å². The number of aliphatic hydroxyl groups excluding tert-OH is 1. The standard InChI is InChI=1S/C13H18INO5S/c1-2-9(5-6-16)8-15-21(19,20)10-3-4-12(14)11(7-10)13(17)18/h3-4,7,9,15-16H,2,5-6,8H2,1H3,(H,17,18). The molecule has 0 fully saturated rings. The molecule has 1 aromatic carbocycles. The molecule has 1 unspecified atom stereocenters. The summed E-state index contributed by atoms with van der Waals surface area (Å²) in [6.45, 7) is 2.14. The van der Waals surface area contributed by atoms with Crippen LogP contribution in [0.1, 0.15) is 30.1 Å². The summed E-state index contributed by atoms with van der Waals surface area (Å²) in [5, 5.41) is 17.9. The fourth-order valence-corrected chi connectivity index (χ4v) is 3.49. The third-order valence-corrected chi connectivity index (χ3v) is 5.52. The summed E-state index contributed by atoms with van der Waals surface area (Å²) in [7, 11) is -3.75. The third kappa shape index (κ3) is 5.20. The molecular weight excluding hydrogens is 409 g/mol. The van der Waals surface area contributed by atoms with Crippen LogP contribution in [0.4, 0.5) is 0 Å². The number of carbonyl (C=O) groups is 1. The fraction of sp³-hybridized carbons (Fsp3) is 0.462. The van der Waals surface area contributed by atoms with Gasteiger partial charge in [-0.15, -0.1) is 0 Å². The van der Waals surface area contributed by atoms with Gasteiger partial charge in [0.1, 0.15) is 0 Å². The lowest BCUT2D eigenvalue weighted by Crippen LogP contribution is -2.30. The molecule has 0 radical (unpaired) electrons. The fourth-order valence-electron chi connectivity index (χ4n) is 1.78. The van der Waals surface area contributed by atoms with Crippen LogP contribution >= 0.6 is 22.6 Å². The van der Waals surface area contributed by atoms with E-state index in [4.69, 9.17) is 10.2 Å². The smallest absolute Gasteiger partial charge is 0.336 e. The van der Waals surface area contributed by atoms with Crippen molar-refractivity contribution in [3.8, 4) is 0 Å². The van der Waals surface area contributed by atoms with Crippen LogP contribution in [0, 0.1) is 9.49 Å². The Morgan fingerprint density at radius 3 is 2.62 bits per heavy atom. The highest BCUT2D eigenvalue weighted by molar-refractivity contribution is 14.1. The van der Waals surface area contributed by atoms with E-state index in [-0.39, 0.29) is 29.5 Å². The predicted molar refractivity (Wildman–Crippen MR) is 86.8 cm³/mol. The van der Waals surface area contributed by atoms with Gasteiger partial charge in [-0.1, -0.05) is 13.3 Å². The molecular formula is C13H18INO5S. The molecule has 1 atom stereocenters. The highest BCUT2D eigenvalue weighted by Gasteiger charge is 2.19. The molecule has 0 saturated heterocycles. The molecule has 1 rings (SSSR count). The molecule has 0 heterocycles. The summed E-state index contributed by atoms with van der Waals surface area (Å²) in [4.78, 5) is 11.0. The molecule has 3 N–H and O–H groups in total. The van der Waals surface area contributed by atoms with Gasteiger partial charge in [0.15, 0.2) is 0 Å². The number of carboxylic acid groups (broad SMARTS) is 1. The van der Waals surface area contributed by atoms with Crippen molar-refractivity contribution in [1.29, 1.82) is 0 Å². The zero-order valence-corrected chi connectivity index (χ0v) is 14.5. The van der Waals surface area contributed by atoms with Crippen molar-refractivity contribution in [2.24, 2.45) is 5.92 Å². The van der Waals surface area contributed by atoms with Crippen LogP contribution in [0.2, 0.25) is 0 Å². The first-order chi connectivity index (χ1) is 9.81. The highest BCUT2D eigenvalue weighted by Crippen LogP contribution is 2.18. The molecule has 0 aliphatic heterocycles. The maximum atomic E-state index is 12.2. The summed E-state index contributed by atoms with van der Waals surface area (Å²) < 4.78 is 27.3. The second-order valence-electron chi connectivity index (χ2n) is 4.59. The minimum atomic E-state index is -3.75. The quantitative estimate of drug-likeness (QED) is 0.548. The van der Waals surface area contributed by atoms with Gasteiger partial charge in [0.2, 0.25) is 10.0 Å². The van der Waals surface area contributed by atoms with Crippen molar-refractivity contribution in [2.45, 2.75) is 24.7 Å². The predicted octanol–water partition coefficient (Wildman–Crippen LogP) is 1.68. The van der Waals surface area contributed by atoms with Crippen molar-refractivity contribution in [3.63, 3.8) is 0 Å². The van der Waals surface area contributed by atoms with Gasteiger partial charge in [-0.25, -0.2) is 17.9 Å². The number of halogens is 1. The Bertz CT molecular complexity index is 603. The SMILES string of the molecule is CCC(CCO)CNS(=O)(=O)c1ccc(I)c(C(=O)O)c1. The van der Waals surface area contributed by atoms with E-state index >= 15 is 0 Å². The molecule has 6 nitrogen and oxygen atoms in total. The van der Waals surface area contributed by atoms with Crippen LogP contribution in [-0.4, -0.2) is 37.8 Å². The van der Waals surface area contributed by atoms with Crippen molar-refractivity contribution in [2.75, 3.05) is 13.2 Å². The molecule has 0 aliphatic rings. The lowest BCUT2D eigenvalue weighted by molar-refractivity contribution is 0.0695. The molecule has 8 heteroatoms. The van der Waals surface area contributed by atoms with Gasteiger partial charge in [0.25, 0.3) is 0 Å². The van der Waals surface area contributed by atoms with Gasteiger partial charge < -0.3 is 10.2 Å². The molecule has 0 aliphatic carbocycles. The first kappa shape index (κ1) is 18.3. The summed E-state index contributed by atoms with van der Waals surface area (Å²) in [5.41, 5.74) is -0.0409. The number of aromatic carboxylic acids is 1. The molecule has 21 heavy (non-hydrogen) atoms. The van der Waals surface area contributed by atoms with Crippen LogP contribution in [-0.2, 0) is 10.0 Å². The van der Waals surface area contributed by atoms with Gasteiger partial charge in [0, 0.05) is 16.7 Å². The van der Waals surface area contributed by atoms with E-state index in [1.54, 1.807) is 0 Å². The number of nitrogens with one attached hydrogen (secondary N) is 1. The van der Waals surface area contributed by atoms with E-state index in [1.807, 2.05) is 29.5 Å². The summed E-state index contributed by atoms with van der Waals surface area (Å²) in [5.74, 6) is -1.12. The van der Waals surface area contributed by atoms with E-state index in [0.717, 1.165) is 12.5 Å². The van der Waals surface area contributed by atoms with Crippen molar-refractivity contribution >= 4 is 38.6 Å². The number of carboxylic acids is 1. The molecule has 0 amide bonds. The maximum Gasteiger partial charge on any atom is 0.336 e. The topological polar surface area (TPSA) is 104 Å². The summed E-state index contributed by atoms with van der Waals surface area (Å²) in [6.07, 6.45) is 1.27. The zero-order valence-electron chi connectivity index (χ0n) is 11.5. The number of sulfonamides is 1. The van der Waals surface area contributed by atoms with Crippen molar-refractivity contribution in [1.82, 2.24) is 4.72 Å². The molecule has 0 spiro atoms. The molecule has 0 aromatic heterocycles. The third-order valence-electron chi connectivity index (χ3n) is 3.16. The van der Waals surface area contributed by atoms with E-state index in [0.29, 0.717) is 9.99 Å². The lowest BCUT2D eigenvalue weighted by atomic mass is 10.0. The van der Waals surface area contributed by atoms with Crippen LogP contribution in [0.15, 0.2) is 23.1 Å². The molecule has 0 bridgehead atoms. The van der Waals surface area contributed by atoms with Gasteiger partial charge in [-0.05, 0) is 53.1 Å². The highest BCUT2D eigenvalue weighted by atomic mass is 127. The average Bonchev–Trinajstić information content (AvgIpc) is 2.43. The summed E-state index contributed by atoms with van der Waals surface area (Å²) >= 11 is 1.85. The number of hydrogen-bond acceptors (Lipinski definition) is 4. The van der Waals surface area contributed by atoms with Crippen LogP contribution in [0.5, 0.6) is 0 Å². The maximum absolute atomic E-state index is 12.2. The second-order valence-corrected chi connectivity index (χ2v) is 7.51. The normalized spacial score (nSPS) is 13.1. The second kappa shape index (κ2) is 8.06. The molecule has 1 aromatic rings. The van der Waals surface area contributed by atoms with E-state index in [2.05, 4.69) is 4.72 Å². The lowest BCUT2D eigenvalue weighted by Gasteiger charge is -2.15. The van der Waals surface area contributed by atoms with Crippen molar-refractivity contribution < 1.29 is 23.4 Å². The first-order valence-electron chi connectivity index (χ1n) is 6.45. The zero-order chi connectivity index (χ0) is 16.0. The van der Waals surface area contributed by atoms with Crippen LogP contribution < -0.4 is 4.72 Å². The Morgan fingerprint density at radius 1 is 1.43 bits per heavy atom. The average molecular weight is 427 g/mol. The monoisotopic (exact) mass is 427 g/mol. The largest absolute Gasteiger partial charge is 0.478 e. The van der Waals surface area contributed by atoms with Crippen LogP contribution in [0.3, 0.4) is 0 Å². The van der Waals surface area contributed by atoms with Gasteiger partial charge >= 0.3 is 5.97 Å². The number of aliphatic hydroxyl groups is 1. The Hall–Kier alpha value is -0.710. The number of benzene rings is 1. The number of hydrogen-bond donors (Lipinski definition) is 3. The first-order valence-corrected chi connectivity index (χ1v) is 9.01. The van der Waals surface area contributed by atoms with Crippen LogP contribution in [0.25, 0.3) is 0 Å². The Kier molecular flexibility index (Phi) is 7.04. The minimum absolute atomic E-state index is 0.00687. The number of rotatable bonds is 8.